The molecular weight excluding hydrogens is 476 g/mol. The zero-order valence-corrected chi connectivity index (χ0v) is 23.8. The molecule has 2 aromatic rings. The van der Waals surface area contributed by atoms with E-state index in [1.165, 1.54) is 57.8 Å². The number of unbranched alkanes of at least 4 members (excludes halogenated alkanes) is 8. The van der Waals surface area contributed by atoms with E-state index in [0.717, 1.165) is 37.4 Å². The van der Waals surface area contributed by atoms with Crippen LogP contribution in [0, 0.1) is 11.8 Å². The second-order valence-electron chi connectivity index (χ2n) is 10.8. The molecule has 0 bridgehead atoms. The lowest BCUT2D eigenvalue weighted by atomic mass is 10.0. The van der Waals surface area contributed by atoms with Crippen LogP contribution in [0.3, 0.4) is 0 Å². The molecule has 0 saturated carbocycles. The van der Waals surface area contributed by atoms with Crippen molar-refractivity contribution < 1.29 is 23.7 Å². The first-order valence-electron chi connectivity index (χ1n) is 14.9. The van der Waals surface area contributed by atoms with Gasteiger partial charge in [0.1, 0.15) is 11.5 Å². The molecule has 0 radical (unpaired) electrons. The molecule has 5 heteroatoms. The van der Waals surface area contributed by atoms with Gasteiger partial charge in [-0.25, -0.2) is 4.79 Å². The van der Waals surface area contributed by atoms with Gasteiger partial charge in [-0.1, -0.05) is 97.1 Å². The van der Waals surface area contributed by atoms with Crippen LogP contribution in [0.4, 0.5) is 0 Å². The number of hydrogen-bond donors (Lipinski definition) is 0. The van der Waals surface area contributed by atoms with E-state index < -0.39 is 5.97 Å². The average Bonchev–Trinajstić information content (AvgIpc) is 2.96. The maximum absolute atomic E-state index is 12.6. The van der Waals surface area contributed by atoms with Crippen molar-refractivity contribution in [1.82, 2.24) is 0 Å². The van der Waals surface area contributed by atoms with Crippen molar-refractivity contribution in [2.24, 2.45) is 11.8 Å². The molecule has 38 heavy (non-hydrogen) atoms. The molecule has 5 nitrogen and oxygen atoms in total. The highest BCUT2D eigenvalue weighted by molar-refractivity contribution is 5.91. The Balaban J connectivity index is 1.33. The smallest absolute Gasteiger partial charge is 0.343 e. The highest BCUT2D eigenvalue weighted by Crippen LogP contribution is 2.28. The van der Waals surface area contributed by atoms with E-state index in [-0.39, 0.29) is 6.29 Å². The summed E-state index contributed by atoms with van der Waals surface area (Å²) in [7, 11) is 0. The lowest BCUT2D eigenvalue weighted by Gasteiger charge is -2.29. The van der Waals surface area contributed by atoms with Crippen LogP contribution >= 0.6 is 0 Å². The van der Waals surface area contributed by atoms with Crippen molar-refractivity contribution in [2.75, 3.05) is 19.8 Å². The van der Waals surface area contributed by atoms with Gasteiger partial charge in [0.05, 0.1) is 25.4 Å². The van der Waals surface area contributed by atoms with Crippen LogP contribution in [-0.2, 0) is 9.47 Å². The summed E-state index contributed by atoms with van der Waals surface area (Å²) < 4.78 is 23.3. The Bertz CT molecular complexity index is 900. The monoisotopic (exact) mass is 524 g/mol. The molecule has 0 aromatic heterocycles. The minimum absolute atomic E-state index is 0.373. The van der Waals surface area contributed by atoms with E-state index in [4.69, 9.17) is 18.9 Å². The molecule has 1 unspecified atom stereocenters. The SMILES string of the molecule is CCCCCCCCCCCC1COC(c2ccc(C(=O)Oc3ccc(OCC(C)CC)cc3)cc2)OC1. The fraction of sp³-hybridized carbons (Fsp3) is 0.606. The zero-order valence-electron chi connectivity index (χ0n) is 23.8. The predicted molar refractivity (Wildman–Crippen MR) is 153 cm³/mol. The molecule has 1 atom stereocenters. The van der Waals surface area contributed by atoms with Crippen molar-refractivity contribution in [1.29, 1.82) is 0 Å². The van der Waals surface area contributed by atoms with Crippen LogP contribution in [0.2, 0.25) is 0 Å². The van der Waals surface area contributed by atoms with Crippen molar-refractivity contribution in [3.05, 3.63) is 59.7 Å². The highest BCUT2D eigenvalue weighted by Gasteiger charge is 2.23. The zero-order chi connectivity index (χ0) is 27.0. The summed E-state index contributed by atoms with van der Waals surface area (Å²) in [5.74, 6) is 1.85. The van der Waals surface area contributed by atoms with Gasteiger partial charge >= 0.3 is 5.97 Å². The van der Waals surface area contributed by atoms with E-state index in [0.29, 0.717) is 29.8 Å². The Hall–Kier alpha value is -2.37. The Kier molecular flexibility index (Phi) is 13.7. The lowest BCUT2D eigenvalue weighted by molar-refractivity contribution is -0.206. The van der Waals surface area contributed by atoms with Crippen molar-refractivity contribution in [2.45, 2.75) is 97.7 Å². The maximum atomic E-state index is 12.6. The van der Waals surface area contributed by atoms with Gasteiger partial charge in [0.15, 0.2) is 6.29 Å². The van der Waals surface area contributed by atoms with E-state index in [9.17, 15) is 4.79 Å². The Morgan fingerprint density at radius 1 is 0.816 bits per heavy atom. The van der Waals surface area contributed by atoms with Crippen LogP contribution < -0.4 is 9.47 Å². The predicted octanol–water partition coefficient (Wildman–Crippen LogP) is 8.91. The van der Waals surface area contributed by atoms with E-state index >= 15 is 0 Å². The molecule has 0 N–H and O–H groups in total. The summed E-state index contributed by atoms with van der Waals surface area (Å²) in [5.41, 5.74) is 1.41. The largest absolute Gasteiger partial charge is 0.493 e. The molecule has 2 aromatic carbocycles. The molecule has 1 aliphatic heterocycles. The quantitative estimate of drug-likeness (QED) is 0.117. The molecule has 0 amide bonds. The van der Waals surface area contributed by atoms with Gasteiger partial charge < -0.3 is 18.9 Å². The first kappa shape index (κ1) is 30.2. The number of rotatable bonds is 17. The summed E-state index contributed by atoms with van der Waals surface area (Å²) in [4.78, 5) is 12.6. The third-order valence-electron chi connectivity index (χ3n) is 7.37. The van der Waals surface area contributed by atoms with Gasteiger partial charge in [-0.05, 0) is 48.7 Å². The van der Waals surface area contributed by atoms with Crippen LogP contribution in [0.5, 0.6) is 11.5 Å². The van der Waals surface area contributed by atoms with Gasteiger partial charge in [-0.3, -0.25) is 0 Å². The first-order chi connectivity index (χ1) is 18.6. The molecule has 1 fully saturated rings. The third-order valence-corrected chi connectivity index (χ3v) is 7.37. The number of hydrogen-bond acceptors (Lipinski definition) is 5. The van der Waals surface area contributed by atoms with Crippen LogP contribution in [0.15, 0.2) is 48.5 Å². The fourth-order valence-corrected chi connectivity index (χ4v) is 4.55. The third kappa shape index (κ3) is 10.8. The Morgan fingerprint density at radius 2 is 1.39 bits per heavy atom. The van der Waals surface area contributed by atoms with E-state index in [1.54, 1.807) is 24.3 Å². The van der Waals surface area contributed by atoms with Gasteiger partial charge in [-0.15, -0.1) is 0 Å². The molecule has 3 rings (SSSR count). The van der Waals surface area contributed by atoms with Crippen LogP contribution in [0.25, 0.3) is 0 Å². The number of carbonyl (C=O) groups is 1. The molecule has 1 aliphatic rings. The Morgan fingerprint density at radius 3 is 2.00 bits per heavy atom. The van der Waals surface area contributed by atoms with Gasteiger partial charge in [0.2, 0.25) is 0 Å². The average molecular weight is 525 g/mol. The molecular formula is C33H48O5. The topological polar surface area (TPSA) is 54.0 Å². The standard InChI is InChI=1S/C33H48O5/c1-4-6-7-8-9-10-11-12-13-14-27-24-36-33(37-25-27)29-17-15-28(16-18-29)32(34)38-31-21-19-30(20-22-31)35-23-26(3)5-2/h15-22,26-27,33H,4-14,23-25H2,1-3H3. The summed E-state index contributed by atoms with van der Waals surface area (Å²) in [6, 6.07) is 14.5. The minimum Gasteiger partial charge on any atom is -0.493 e. The lowest BCUT2D eigenvalue weighted by Crippen LogP contribution is -2.27. The first-order valence-corrected chi connectivity index (χ1v) is 14.9. The number of esters is 1. The van der Waals surface area contributed by atoms with E-state index in [1.807, 2.05) is 24.3 Å². The number of carbonyl (C=O) groups excluding carboxylic acids is 1. The van der Waals surface area contributed by atoms with Crippen molar-refractivity contribution >= 4 is 5.97 Å². The molecule has 1 heterocycles. The highest BCUT2D eigenvalue weighted by atomic mass is 16.7. The number of ether oxygens (including phenoxy) is 4. The van der Waals surface area contributed by atoms with Crippen molar-refractivity contribution in [3.63, 3.8) is 0 Å². The summed E-state index contributed by atoms with van der Waals surface area (Å²) in [6.45, 7) is 8.70. The molecule has 0 aliphatic carbocycles. The van der Waals surface area contributed by atoms with E-state index in [2.05, 4.69) is 20.8 Å². The maximum Gasteiger partial charge on any atom is 0.343 e. The normalized spacial score (nSPS) is 18.2. The molecule has 1 saturated heterocycles. The van der Waals surface area contributed by atoms with Gasteiger partial charge in [0.25, 0.3) is 0 Å². The van der Waals surface area contributed by atoms with Gasteiger partial charge in [0, 0.05) is 11.5 Å². The number of benzene rings is 2. The molecule has 0 spiro atoms. The summed E-state index contributed by atoms with van der Waals surface area (Å²) in [5, 5.41) is 0. The second kappa shape index (κ2) is 17.3. The Labute approximate surface area is 230 Å². The second-order valence-corrected chi connectivity index (χ2v) is 10.8. The van der Waals surface area contributed by atoms with Crippen LogP contribution in [-0.4, -0.2) is 25.8 Å². The van der Waals surface area contributed by atoms with Crippen LogP contribution in [0.1, 0.15) is 114 Å². The van der Waals surface area contributed by atoms with Gasteiger partial charge in [-0.2, -0.15) is 0 Å². The minimum atomic E-state index is -0.392. The van der Waals surface area contributed by atoms with Crippen molar-refractivity contribution in [3.8, 4) is 11.5 Å². The fourth-order valence-electron chi connectivity index (χ4n) is 4.55. The summed E-state index contributed by atoms with van der Waals surface area (Å²) in [6.07, 6.45) is 14.0. The summed E-state index contributed by atoms with van der Waals surface area (Å²) >= 11 is 0. The molecule has 210 valence electrons.